The summed E-state index contributed by atoms with van der Waals surface area (Å²) in [5.74, 6) is -4.82. The van der Waals surface area contributed by atoms with E-state index < -0.39 is 26.2 Å². The highest BCUT2D eigenvalue weighted by molar-refractivity contribution is 9.10. The van der Waals surface area contributed by atoms with Crippen molar-refractivity contribution < 1.29 is 86.2 Å². The molecule has 30 nitrogen and oxygen atoms in total. The lowest BCUT2D eigenvalue weighted by Crippen LogP contribution is -2.30. The fraction of sp³-hybridized carbons (Fsp3) is 0.113. The van der Waals surface area contributed by atoms with Crippen molar-refractivity contribution in [2.45, 2.75) is 27.7 Å². The van der Waals surface area contributed by atoms with Crippen LogP contribution in [-0.4, -0.2) is 181 Å². The van der Waals surface area contributed by atoms with E-state index in [0.29, 0.717) is 142 Å². The molecule has 0 spiro atoms. The van der Waals surface area contributed by atoms with Crippen LogP contribution in [0.25, 0.3) is 112 Å². The molecule has 146 heavy (non-hydrogen) atoms. The molecule has 18 aromatic rings. The number of pyridine rings is 6. The molecule has 0 aliphatic heterocycles. The van der Waals surface area contributed by atoms with Gasteiger partial charge in [0.05, 0.1) is 31.8 Å². The number of benzene rings is 8. The summed E-state index contributed by atoms with van der Waals surface area (Å²) < 4.78 is 61.0. The van der Waals surface area contributed by atoms with Crippen LogP contribution < -0.4 is 42.8 Å². The molecule has 740 valence electrons. The lowest BCUT2D eigenvalue weighted by molar-refractivity contribution is 0.0686. The summed E-state index contributed by atoms with van der Waals surface area (Å²) >= 11 is 21.2. The van der Waals surface area contributed by atoms with Gasteiger partial charge in [-0.05, 0) is 272 Å². The third-order valence-electron chi connectivity index (χ3n) is 22.2. The van der Waals surface area contributed by atoms with E-state index in [1.807, 2.05) is 101 Å². The zero-order valence-electron chi connectivity index (χ0n) is 78.9. The molecule has 0 bridgehead atoms. The van der Waals surface area contributed by atoms with Gasteiger partial charge in [0.15, 0.2) is 0 Å². The van der Waals surface area contributed by atoms with Crippen molar-refractivity contribution in [3.8, 4) is 89.5 Å². The third-order valence-corrected chi connectivity index (χ3v) is 23.6. The zero-order valence-corrected chi connectivity index (χ0v) is 82.7. The summed E-state index contributed by atoms with van der Waals surface area (Å²) in [7, 11) is 3.08. The first-order valence-electron chi connectivity index (χ1n) is 44.7. The number of carboxylic acid groups (broad SMARTS) is 2. The number of aromatic carboxylic acids is 2. The van der Waals surface area contributed by atoms with Crippen LogP contribution >= 0.6 is 50.7 Å². The van der Waals surface area contributed by atoms with Crippen molar-refractivity contribution in [2.75, 3.05) is 41.3 Å². The number of hydrogen-bond acceptors (Lipinski definition) is 18. The molecule has 0 saturated carbocycles. The SMILES string of the molecule is CNC(=O)c1c(-c2ccc(F)cc2)nc2ccc(-c3ccc(-c4cccnc4)c(C(=O)NCC(C)C)c3)cn12.CNC(=O)c1c(-c2ccc(F)cc2)nc2ccc(-c3ccc(Cl)c(C(=O)NCC(C)C)c3)cn12.CNC(=O)c1c(-c2ccc(F)cc2)nc2ccc(-c3ccc(Cl)c(C(=O)O)c3)cn12.CNC(=O)c1c(-c2ccc(F)cc2)nc2ccc(Br)cn12.O=C(O)c1cc(B(O)O)ccc1Cl.OB(O)c1cccnc1. The fourth-order valence-electron chi connectivity index (χ4n) is 14.9. The lowest BCUT2D eigenvalue weighted by Gasteiger charge is -2.14. The first kappa shape index (κ1) is 107. The molecule has 6 amide bonds. The third kappa shape index (κ3) is 25.8. The van der Waals surface area contributed by atoms with Crippen LogP contribution in [0, 0.1) is 35.1 Å². The van der Waals surface area contributed by atoms with E-state index in [-0.39, 0.29) is 91.0 Å². The molecule has 0 radical (unpaired) electrons. The van der Waals surface area contributed by atoms with E-state index in [1.54, 1.807) is 173 Å². The number of fused-ring (bicyclic) bond motifs is 4. The van der Waals surface area contributed by atoms with E-state index in [0.717, 1.165) is 43.9 Å². The molecule has 0 atom stereocenters. The summed E-state index contributed by atoms with van der Waals surface area (Å²) in [6, 6.07) is 64.3. The van der Waals surface area contributed by atoms with Crippen LogP contribution in [0.4, 0.5) is 17.6 Å². The average Bonchev–Trinajstić information content (AvgIpc) is 1.57. The van der Waals surface area contributed by atoms with E-state index >= 15 is 0 Å². The predicted molar refractivity (Wildman–Crippen MR) is 557 cm³/mol. The molecule has 0 saturated heterocycles. The van der Waals surface area contributed by atoms with Gasteiger partial charge in [-0.1, -0.05) is 105 Å². The number of halogens is 8. The second-order valence-electron chi connectivity index (χ2n) is 33.1. The zero-order chi connectivity index (χ0) is 105. The smallest absolute Gasteiger partial charge is 0.478 e. The average molecular weight is 2100 g/mol. The summed E-state index contributed by atoms with van der Waals surface area (Å²) in [5, 5.41) is 69.5. The van der Waals surface area contributed by atoms with Gasteiger partial charge in [0.2, 0.25) is 0 Å². The summed E-state index contributed by atoms with van der Waals surface area (Å²) in [6.45, 7) is 9.22. The van der Waals surface area contributed by atoms with Crippen LogP contribution in [0.5, 0.6) is 0 Å². The molecule has 0 unspecified atom stereocenters. The van der Waals surface area contributed by atoms with Crippen molar-refractivity contribution in [3.63, 3.8) is 0 Å². The van der Waals surface area contributed by atoms with Crippen molar-refractivity contribution in [1.29, 1.82) is 0 Å². The maximum atomic E-state index is 13.5. The fourth-order valence-corrected chi connectivity index (χ4v) is 15.8. The van der Waals surface area contributed by atoms with E-state index in [1.165, 1.54) is 86.0 Å². The Labute approximate surface area is 856 Å². The molecule has 10 aromatic heterocycles. The molecular formula is C106H90B2BrCl3F4N16O14. The normalized spacial score (nSPS) is 10.8. The number of nitrogens with one attached hydrogen (secondary N) is 6. The molecule has 0 aliphatic carbocycles. The number of carbonyl (C=O) groups is 8. The summed E-state index contributed by atoms with van der Waals surface area (Å²) in [6.07, 6.45) is 13.5. The highest BCUT2D eigenvalue weighted by atomic mass is 79.9. The van der Waals surface area contributed by atoms with E-state index in [2.05, 4.69) is 77.7 Å². The monoisotopic (exact) mass is 2090 g/mol. The standard InChI is InChI=1S/C31H28FN5O2.C26H24ClFN4O2.C22H15ClFN3O3.C15H11BrFN3O.C7H6BClO4.C5H6BNO2/c1-19(2)16-35-30(38)26-15-21(8-12-25(26)22-5-4-14-34-17-22)23-9-13-27-36-28(20-6-10-24(32)11-7-20)29(31(39)33-3)37(27)18-23;1-15(2)13-30-25(33)20-12-17(6-10-21(20)27)18-7-11-22-31-23(16-4-8-19(28)9-5-16)24(26(34)29-3)32(22)14-18;1-25-21(28)20-19(12-2-6-15(24)7-3-12)26-18-9-5-14(11-27(18)20)13-4-8-17(23)16(10-13)22(29)30;1-18-15(21)14-13(9-2-5-11(17)6-3-9)19-12-7-4-10(16)8-20(12)14;9-6-2-1-4(8(12)13)3-5(6)7(10)11;8-6(9)5-2-1-3-7-4-5/h4-15,17-19H,16H2,1-3H3,(H,33,39)(H,35,38);4-12,14-15H,13H2,1-3H3,(H,29,34)(H,30,33);2-11H,1H3,(H,25,28)(H,29,30);2-8H,1H3,(H,18,21);1-3,12-13H,(H,10,11);1-4,8-9H. The van der Waals surface area contributed by atoms with Gasteiger partial charge < -0.3 is 62.2 Å². The van der Waals surface area contributed by atoms with Gasteiger partial charge in [-0.25, -0.2) is 47.1 Å². The van der Waals surface area contributed by atoms with Gasteiger partial charge in [0, 0.05) is 134 Å². The number of aromatic nitrogens is 10. The molecule has 40 heteroatoms. The largest absolute Gasteiger partial charge is 0.490 e. The molecule has 0 fully saturated rings. The quantitative estimate of drug-likeness (QED) is 0.0221. The van der Waals surface area contributed by atoms with Crippen molar-refractivity contribution >= 4 is 146 Å². The molecule has 0 aliphatic rings. The number of imidazole rings is 4. The van der Waals surface area contributed by atoms with Crippen molar-refractivity contribution in [1.82, 2.24) is 79.4 Å². The maximum Gasteiger partial charge on any atom is 0.490 e. The predicted octanol–water partition coefficient (Wildman–Crippen LogP) is 17.1. The van der Waals surface area contributed by atoms with Gasteiger partial charge >= 0.3 is 26.2 Å². The number of carboxylic acids is 2. The maximum absolute atomic E-state index is 13.5. The van der Waals surface area contributed by atoms with Crippen LogP contribution in [0.15, 0.2) is 297 Å². The van der Waals surface area contributed by atoms with Crippen LogP contribution in [0.3, 0.4) is 0 Å². The molecule has 12 N–H and O–H groups in total. The Hall–Kier alpha value is -16.4. The minimum Gasteiger partial charge on any atom is -0.478 e. The molecular weight excluding hydrogens is 2010 g/mol. The second-order valence-corrected chi connectivity index (χ2v) is 35.2. The minimum atomic E-state index is -1.68. The Bertz CT molecular complexity index is 7890. The number of nitrogens with zero attached hydrogens (tertiary/aromatic N) is 10. The van der Waals surface area contributed by atoms with Gasteiger partial charge in [0.1, 0.15) is 91.4 Å². The highest BCUT2D eigenvalue weighted by Crippen LogP contribution is 2.37. The number of amides is 6. The molecule has 10 heterocycles. The second kappa shape index (κ2) is 48.6. The summed E-state index contributed by atoms with van der Waals surface area (Å²) in [5.41, 5.74) is 15.4. The van der Waals surface area contributed by atoms with Gasteiger partial charge in [-0.15, -0.1) is 0 Å². The van der Waals surface area contributed by atoms with Gasteiger partial charge in [0.25, 0.3) is 35.4 Å². The van der Waals surface area contributed by atoms with Crippen LogP contribution in [-0.2, 0) is 0 Å². The number of hydrogen-bond donors (Lipinski definition) is 12. The Morgan fingerprint density at radius 3 is 0.966 bits per heavy atom. The number of carbonyl (C=O) groups excluding carboxylic acids is 6. The minimum absolute atomic E-state index is 0.0154. The molecule has 8 aromatic carbocycles. The van der Waals surface area contributed by atoms with E-state index in [9.17, 15) is 61.0 Å². The Morgan fingerprint density at radius 1 is 0.336 bits per heavy atom. The van der Waals surface area contributed by atoms with Gasteiger partial charge in [-0.3, -0.25) is 56.3 Å². The Kier molecular flexibility index (Phi) is 35.6. The first-order chi connectivity index (χ1) is 69.9. The topological polar surface area (TPSA) is 425 Å². The van der Waals surface area contributed by atoms with Crippen LogP contribution in [0.1, 0.15) is 111 Å². The Morgan fingerprint density at radius 2 is 0.637 bits per heavy atom. The summed E-state index contributed by atoms with van der Waals surface area (Å²) in [4.78, 5) is 125. The van der Waals surface area contributed by atoms with Crippen molar-refractivity contribution in [3.05, 3.63) is 380 Å². The van der Waals surface area contributed by atoms with Crippen LogP contribution in [0.2, 0.25) is 15.1 Å². The first-order valence-corrected chi connectivity index (χ1v) is 46.6. The van der Waals surface area contributed by atoms with E-state index in [4.69, 9.17) is 60.0 Å². The number of rotatable bonds is 22. The highest BCUT2D eigenvalue weighted by Gasteiger charge is 2.28. The Balaban J connectivity index is 0.000000154. The molecule has 18 rings (SSSR count). The van der Waals surface area contributed by atoms with Crippen molar-refractivity contribution in [2.24, 2.45) is 11.8 Å². The lowest BCUT2D eigenvalue weighted by atomic mass is 9.79. The van der Waals surface area contributed by atoms with Gasteiger partial charge in [-0.2, -0.15) is 0 Å².